The summed E-state index contributed by atoms with van der Waals surface area (Å²) in [5.41, 5.74) is 1.05. The molecular weight excluding hydrogens is 488 g/mol. The van der Waals surface area contributed by atoms with Crippen molar-refractivity contribution in [1.29, 1.82) is 0 Å². The average Bonchev–Trinajstić information content (AvgIpc) is 2.87. The Hall–Kier alpha value is -4.44. The number of halogens is 1. The van der Waals surface area contributed by atoms with Crippen molar-refractivity contribution < 1.29 is 24.0 Å². The number of amides is 3. The Labute approximate surface area is 212 Å². The van der Waals surface area contributed by atoms with Crippen molar-refractivity contribution in [2.75, 3.05) is 25.5 Å². The van der Waals surface area contributed by atoms with Crippen molar-refractivity contribution in [1.82, 2.24) is 10.2 Å². The molecule has 3 amide bonds. The van der Waals surface area contributed by atoms with Crippen molar-refractivity contribution in [3.8, 4) is 5.75 Å². The molecule has 2 N–H and O–H groups in total. The third kappa shape index (κ3) is 7.28. The molecular formula is C25H23ClN4O6. The van der Waals surface area contributed by atoms with Crippen molar-refractivity contribution in [3.05, 3.63) is 99.1 Å². The van der Waals surface area contributed by atoms with Gasteiger partial charge in [0.05, 0.1) is 29.2 Å². The van der Waals surface area contributed by atoms with Crippen molar-refractivity contribution in [2.45, 2.75) is 6.54 Å². The standard InChI is InChI=1S/C25H23ClN4O6/c1-36-20-10-7-18(8-11-20)28-23(31)14-27-24(32)16-29(15-17-5-3-2-4-6-17)25(33)21-12-9-19(30(34)35)13-22(21)26/h2-13H,14-16H2,1H3,(H,27,32)(H,28,31). The summed E-state index contributed by atoms with van der Waals surface area (Å²) >= 11 is 6.14. The third-order valence-electron chi connectivity index (χ3n) is 5.05. The highest BCUT2D eigenvalue weighted by Crippen LogP contribution is 2.24. The second kappa shape index (κ2) is 12.3. The summed E-state index contributed by atoms with van der Waals surface area (Å²) in [5, 5.41) is 16.0. The van der Waals surface area contributed by atoms with E-state index in [2.05, 4.69) is 10.6 Å². The molecule has 3 aromatic rings. The Balaban J connectivity index is 1.67. The topological polar surface area (TPSA) is 131 Å². The summed E-state index contributed by atoms with van der Waals surface area (Å²) in [4.78, 5) is 49.7. The number of non-ortho nitro benzene ring substituents is 1. The van der Waals surface area contributed by atoms with Gasteiger partial charge in [-0.15, -0.1) is 0 Å². The van der Waals surface area contributed by atoms with Gasteiger partial charge in [-0.2, -0.15) is 0 Å². The molecule has 0 aromatic heterocycles. The van der Waals surface area contributed by atoms with E-state index < -0.39 is 22.6 Å². The number of carbonyl (C=O) groups excluding carboxylic acids is 3. The monoisotopic (exact) mass is 510 g/mol. The highest BCUT2D eigenvalue weighted by molar-refractivity contribution is 6.34. The number of hydrogen-bond donors (Lipinski definition) is 2. The summed E-state index contributed by atoms with van der Waals surface area (Å²) in [6, 6.07) is 19.2. The first kappa shape index (κ1) is 26.2. The number of carbonyl (C=O) groups is 3. The van der Waals surface area contributed by atoms with E-state index in [9.17, 15) is 24.5 Å². The maximum Gasteiger partial charge on any atom is 0.270 e. The number of nitrogens with zero attached hydrogens (tertiary/aromatic N) is 2. The Morgan fingerprint density at radius 2 is 1.69 bits per heavy atom. The van der Waals surface area contributed by atoms with Crippen LogP contribution in [0.25, 0.3) is 0 Å². The first-order chi connectivity index (χ1) is 17.3. The van der Waals surface area contributed by atoms with Gasteiger partial charge < -0.3 is 20.3 Å². The molecule has 0 saturated carbocycles. The number of nitro benzene ring substituents is 1. The Morgan fingerprint density at radius 1 is 1.00 bits per heavy atom. The number of benzene rings is 3. The molecule has 0 atom stereocenters. The van der Waals surface area contributed by atoms with Crippen LogP contribution in [-0.4, -0.2) is 47.7 Å². The summed E-state index contributed by atoms with van der Waals surface area (Å²) in [7, 11) is 1.53. The van der Waals surface area contributed by atoms with Crippen LogP contribution in [0.2, 0.25) is 5.02 Å². The normalized spacial score (nSPS) is 10.3. The maximum absolute atomic E-state index is 13.2. The zero-order valence-corrected chi connectivity index (χ0v) is 20.0. The fourth-order valence-corrected chi connectivity index (χ4v) is 3.51. The Bertz CT molecular complexity index is 1250. The van der Waals surface area contributed by atoms with Gasteiger partial charge in [0.15, 0.2) is 0 Å². The second-order valence-electron chi connectivity index (χ2n) is 7.62. The molecule has 0 bridgehead atoms. The molecule has 0 fully saturated rings. The van der Waals surface area contributed by atoms with E-state index in [-0.39, 0.29) is 35.9 Å². The lowest BCUT2D eigenvalue weighted by molar-refractivity contribution is -0.384. The smallest absolute Gasteiger partial charge is 0.270 e. The third-order valence-corrected chi connectivity index (χ3v) is 5.36. The molecule has 0 aliphatic heterocycles. The molecule has 186 valence electrons. The van der Waals surface area contributed by atoms with Gasteiger partial charge in [0.1, 0.15) is 12.3 Å². The minimum absolute atomic E-state index is 0.0169. The van der Waals surface area contributed by atoms with E-state index in [1.165, 1.54) is 24.1 Å². The van der Waals surface area contributed by atoms with Gasteiger partial charge in [-0.1, -0.05) is 41.9 Å². The first-order valence-electron chi connectivity index (χ1n) is 10.7. The molecule has 0 spiro atoms. The van der Waals surface area contributed by atoms with Crippen LogP contribution < -0.4 is 15.4 Å². The molecule has 0 unspecified atom stereocenters. The van der Waals surface area contributed by atoms with Gasteiger partial charge in [-0.3, -0.25) is 24.5 Å². The molecule has 0 saturated heterocycles. The number of nitro groups is 1. The highest BCUT2D eigenvalue weighted by Gasteiger charge is 2.23. The van der Waals surface area contributed by atoms with Crippen LogP contribution in [-0.2, 0) is 16.1 Å². The molecule has 0 aliphatic rings. The quantitative estimate of drug-likeness (QED) is 0.316. The molecule has 36 heavy (non-hydrogen) atoms. The summed E-state index contributed by atoms with van der Waals surface area (Å²) in [6.45, 7) is -0.591. The molecule has 0 radical (unpaired) electrons. The van der Waals surface area contributed by atoms with Gasteiger partial charge in [-0.05, 0) is 35.9 Å². The van der Waals surface area contributed by atoms with Gasteiger partial charge >= 0.3 is 0 Å². The number of methoxy groups -OCH3 is 1. The van der Waals surface area contributed by atoms with E-state index >= 15 is 0 Å². The molecule has 0 heterocycles. The van der Waals surface area contributed by atoms with Crippen molar-refractivity contribution in [2.24, 2.45) is 0 Å². The average molecular weight is 511 g/mol. The lowest BCUT2D eigenvalue weighted by atomic mass is 10.1. The predicted octanol–water partition coefficient (Wildman–Crippen LogP) is 3.65. The van der Waals surface area contributed by atoms with E-state index in [0.29, 0.717) is 11.4 Å². The highest BCUT2D eigenvalue weighted by atomic mass is 35.5. The van der Waals surface area contributed by atoms with Gasteiger partial charge in [0, 0.05) is 24.4 Å². The first-order valence-corrected chi connectivity index (χ1v) is 11.1. The van der Waals surface area contributed by atoms with Crippen LogP contribution in [0.1, 0.15) is 15.9 Å². The number of anilines is 1. The summed E-state index contributed by atoms with van der Waals surface area (Å²) < 4.78 is 5.07. The van der Waals surface area contributed by atoms with Crippen molar-refractivity contribution in [3.63, 3.8) is 0 Å². The fraction of sp³-hybridized carbons (Fsp3) is 0.160. The van der Waals surface area contributed by atoms with Crippen LogP contribution in [0.15, 0.2) is 72.8 Å². The zero-order chi connectivity index (χ0) is 26.1. The van der Waals surface area contributed by atoms with Gasteiger partial charge in [-0.25, -0.2) is 0 Å². The SMILES string of the molecule is COc1ccc(NC(=O)CNC(=O)CN(Cc2ccccc2)C(=O)c2ccc([N+](=O)[O-])cc2Cl)cc1. The number of hydrogen-bond acceptors (Lipinski definition) is 6. The van der Waals surface area contributed by atoms with Crippen LogP contribution in [0.4, 0.5) is 11.4 Å². The van der Waals surface area contributed by atoms with Crippen molar-refractivity contribution >= 4 is 40.7 Å². The molecule has 11 heteroatoms. The number of rotatable bonds is 10. The van der Waals surface area contributed by atoms with Gasteiger partial charge in [0.25, 0.3) is 11.6 Å². The van der Waals surface area contributed by atoms with Crippen LogP contribution in [0, 0.1) is 10.1 Å². The predicted molar refractivity (Wildman–Crippen MR) is 134 cm³/mol. The zero-order valence-electron chi connectivity index (χ0n) is 19.3. The van der Waals surface area contributed by atoms with Crippen LogP contribution in [0.5, 0.6) is 5.75 Å². The second-order valence-corrected chi connectivity index (χ2v) is 8.03. The fourth-order valence-electron chi connectivity index (χ4n) is 3.25. The van der Waals surface area contributed by atoms with E-state index in [1.54, 1.807) is 48.5 Å². The van der Waals surface area contributed by atoms with E-state index in [4.69, 9.17) is 16.3 Å². The number of nitrogens with one attached hydrogen (secondary N) is 2. The Morgan fingerprint density at radius 3 is 2.31 bits per heavy atom. The molecule has 3 aromatic carbocycles. The summed E-state index contributed by atoms with van der Waals surface area (Å²) in [6.07, 6.45) is 0. The molecule has 0 aliphatic carbocycles. The minimum atomic E-state index is -0.619. The minimum Gasteiger partial charge on any atom is -0.497 e. The Kier molecular flexibility index (Phi) is 8.95. The lowest BCUT2D eigenvalue weighted by Gasteiger charge is -2.23. The van der Waals surface area contributed by atoms with Crippen LogP contribution >= 0.6 is 11.6 Å². The van der Waals surface area contributed by atoms with E-state index in [0.717, 1.165) is 11.6 Å². The van der Waals surface area contributed by atoms with Crippen LogP contribution in [0.3, 0.4) is 0 Å². The number of ether oxygens (including phenoxy) is 1. The summed E-state index contributed by atoms with van der Waals surface area (Å²) in [5.74, 6) is -0.968. The molecule has 3 rings (SSSR count). The largest absolute Gasteiger partial charge is 0.497 e. The van der Waals surface area contributed by atoms with Gasteiger partial charge in [0.2, 0.25) is 11.8 Å². The van der Waals surface area contributed by atoms with E-state index in [1.807, 2.05) is 6.07 Å². The molecule has 10 nitrogen and oxygen atoms in total. The maximum atomic E-state index is 13.2. The lowest BCUT2D eigenvalue weighted by Crippen LogP contribution is -2.42.